The molecule has 2 aliphatic rings. The number of hydrogen-bond donors (Lipinski definition) is 3. The molecule has 0 spiro atoms. The van der Waals surface area contributed by atoms with E-state index in [2.05, 4.69) is 5.32 Å². The van der Waals surface area contributed by atoms with Crippen LogP contribution in [0.5, 0.6) is 5.75 Å². The summed E-state index contributed by atoms with van der Waals surface area (Å²) in [5, 5.41) is 23.7. The fourth-order valence-electron chi connectivity index (χ4n) is 5.24. The fourth-order valence-corrected chi connectivity index (χ4v) is 5.24. The first-order valence-corrected chi connectivity index (χ1v) is 10.5. The summed E-state index contributed by atoms with van der Waals surface area (Å²) in [5.74, 6) is -3.89. The molecule has 7 nitrogen and oxygen atoms in total. The number of nitrogens with zero attached hydrogens (tertiary/aromatic N) is 1. The normalized spacial score (nSPS) is 30.0. The Morgan fingerprint density at radius 3 is 2.17 bits per heavy atom. The average Bonchev–Trinajstić information content (AvgIpc) is 3.13. The number of hydrogen-bond acceptors (Lipinski definition) is 5. The topological polar surface area (TPSA) is 107 Å². The predicted molar refractivity (Wildman–Crippen MR) is 112 cm³/mol. The zero-order valence-electron chi connectivity index (χ0n) is 18.7. The molecule has 0 radical (unpaired) electrons. The van der Waals surface area contributed by atoms with Gasteiger partial charge in [-0.05, 0) is 57.2 Å². The lowest BCUT2D eigenvalue weighted by Gasteiger charge is -2.38. The number of amides is 2. The van der Waals surface area contributed by atoms with Crippen LogP contribution in [0, 0.1) is 31.6 Å². The first kappa shape index (κ1) is 22.3. The van der Waals surface area contributed by atoms with Crippen LogP contribution >= 0.6 is 0 Å². The molecule has 2 amide bonds. The van der Waals surface area contributed by atoms with E-state index in [0.29, 0.717) is 23.1 Å². The van der Waals surface area contributed by atoms with E-state index in [1.54, 1.807) is 46.8 Å². The van der Waals surface area contributed by atoms with Crippen LogP contribution in [0.25, 0.3) is 0 Å². The number of carbonyl (C=O) groups is 3. The van der Waals surface area contributed by atoms with E-state index >= 15 is 0 Å². The second-order valence-electron chi connectivity index (χ2n) is 9.79. The van der Waals surface area contributed by atoms with Crippen molar-refractivity contribution < 1.29 is 24.6 Å². The van der Waals surface area contributed by atoms with Crippen molar-refractivity contribution in [2.75, 3.05) is 0 Å². The Hall–Kier alpha value is -2.41. The molecule has 0 aliphatic carbocycles. The Kier molecular flexibility index (Phi) is 5.26. The lowest BCUT2D eigenvalue weighted by Crippen LogP contribution is -2.60. The van der Waals surface area contributed by atoms with Crippen LogP contribution in [0.15, 0.2) is 12.1 Å². The van der Waals surface area contributed by atoms with Crippen molar-refractivity contribution in [3.8, 4) is 5.75 Å². The van der Waals surface area contributed by atoms with Crippen LogP contribution in [0.1, 0.15) is 63.8 Å². The van der Waals surface area contributed by atoms with Crippen LogP contribution in [0.4, 0.5) is 0 Å². The molecule has 2 aliphatic heterocycles. The minimum Gasteiger partial charge on any atom is -0.507 e. The van der Waals surface area contributed by atoms with E-state index in [1.807, 2.05) is 13.8 Å². The van der Waals surface area contributed by atoms with Gasteiger partial charge in [-0.15, -0.1) is 0 Å². The molecule has 3 rings (SSSR count). The highest BCUT2D eigenvalue weighted by atomic mass is 16.4. The third-order valence-corrected chi connectivity index (χ3v) is 6.88. The van der Waals surface area contributed by atoms with E-state index in [1.165, 1.54) is 4.90 Å². The lowest BCUT2D eigenvalue weighted by molar-refractivity contribution is -0.156. The monoisotopic (exact) mass is 416 g/mol. The van der Waals surface area contributed by atoms with Gasteiger partial charge in [0.1, 0.15) is 11.3 Å². The minimum absolute atomic E-state index is 0.171. The van der Waals surface area contributed by atoms with Crippen molar-refractivity contribution >= 4 is 17.8 Å². The third-order valence-electron chi connectivity index (χ3n) is 6.88. The second-order valence-corrected chi connectivity index (χ2v) is 9.79. The van der Waals surface area contributed by atoms with E-state index < -0.39 is 40.8 Å². The number of aromatic hydroxyl groups is 1. The molecular formula is C23H32N2O5. The number of aliphatic carboxylic acids is 1. The van der Waals surface area contributed by atoms with E-state index in [-0.39, 0.29) is 17.6 Å². The molecule has 2 heterocycles. The summed E-state index contributed by atoms with van der Waals surface area (Å²) in [6, 6.07) is 2.90. The zero-order valence-corrected chi connectivity index (χ0v) is 18.7. The van der Waals surface area contributed by atoms with Crippen LogP contribution in [-0.2, 0) is 14.4 Å². The number of carbonyl (C=O) groups excluding carboxylic acids is 2. The Labute approximate surface area is 177 Å². The number of likely N-dealkylation sites (tertiary alicyclic amines) is 1. The van der Waals surface area contributed by atoms with Crippen molar-refractivity contribution in [2.24, 2.45) is 17.8 Å². The van der Waals surface area contributed by atoms with Crippen molar-refractivity contribution in [1.82, 2.24) is 10.2 Å². The van der Waals surface area contributed by atoms with Gasteiger partial charge in [0.25, 0.3) is 0 Å². The molecule has 164 valence electrons. The molecule has 0 bridgehead atoms. The second kappa shape index (κ2) is 7.08. The maximum atomic E-state index is 13.5. The van der Waals surface area contributed by atoms with E-state index in [4.69, 9.17) is 0 Å². The molecule has 0 aromatic heterocycles. The summed E-state index contributed by atoms with van der Waals surface area (Å²) in [5.41, 5.74) is -0.297. The van der Waals surface area contributed by atoms with Crippen molar-refractivity contribution in [1.29, 1.82) is 0 Å². The molecule has 30 heavy (non-hydrogen) atoms. The van der Waals surface area contributed by atoms with E-state index in [9.17, 15) is 24.6 Å². The molecule has 2 fully saturated rings. The molecule has 1 aromatic rings. The van der Waals surface area contributed by atoms with Gasteiger partial charge in [0.05, 0.1) is 11.8 Å². The number of benzene rings is 1. The number of rotatable bonds is 4. The average molecular weight is 417 g/mol. The number of carboxylic acid groups (broad SMARTS) is 1. The first-order chi connectivity index (χ1) is 13.8. The predicted octanol–water partition coefficient (Wildman–Crippen LogP) is 2.92. The quantitative estimate of drug-likeness (QED) is 0.652. The van der Waals surface area contributed by atoms with Crippen LogP contribution in [0.2, 0.25) is 0 Å². The zero-order chi connectivity index (χ0) is 22.8. The van der Waals surface area contributed by atoms with Gasteiger partial charge in [0.15, 0.2) is 0 Å². The SMILES string of the molecule is CCC(C)C1(C(=O)O)NC(c2cc(C)c(O)c(C)c2)C2C(=O)N(C(C)(C)C)C(=O)C21. The summed E-state index contributed by atoms with van der Waals surface area (Å²) >= 11 is 0. The Balaban J connectivity index is 2.25. The molecule has 3 N–H and O–H groups in total. The van der Waals surface area contributed by atoms with Crippen molar-refractivity contribution in [3.63, 3.8) is 0 Å². The number of phenols is 1. The number of aryl methyl sites for hydroxylation is 2. The highest BCUT2D eigenvalue weighted by Gasteiger charge is 2.70. The van der Waals surface area contributed by atoms with Gasteiger partial charge in [-0.2, -0.15) is 0 Å². The Morgan fingerprint density at radius 2 is 1.73 bits per heavy atom. The molecule has 0 saturated carbocycles. The fraction of sp³-hybridized carbons (Fsp3) is 0.609. The van der Waals surface area contributed by atoms with Gasteiger partial charge in [0.2, 0.25) is 11.8 Å². The van der Waals surface area contributed by atoms with Gasteiger partial charge in [-0.1, -0.05) is 32.4 Å². The molecule has 2 saturated heterocycles. The van der Waals surface area contributed by atoms with Gasteiger partial charge in [-0.25, -0.2) is 0 Å². The van der Waals surface area contributed by atoms with Crippen molar-refractivity contribution in [3.05, 3.63) is 28.8 Å². The molecule has 5 unspecified atom stereocenters. The Morgan fingerprint density at radius 1 is 1.20 bits per heavy atom. The van der Waals surface area contributed by atoms with Crippen LogP contribution in [0.3, 0.4) is 0 Å². The minimum atomic E-state index is -1.55. The van der Waals surface area contributed by atoms with Gasteiger partial charge < -0.3 is 10.2 Å². The maximum Gasteiger partial charge on any atom is 0.325 e. The van der Waals surface area contributed by atoms with Gasteiger partial charge in [-0.3, -0.25) is 24.6 Å². The number of nitrogens with one attached hydrogen (secondary N) is 1. The standard InChI is InChI=1S/C23H32N2O5/c1-8-13(4)23(21(29)30)16-15(19(27)25(20(16)28)22(5,6)7)17(24-23)14-9-11(2)18(26)12(3)10-14/h9-10,13,15-17,24,26H,8H2,1-7H3,(H,29,30). The van der Waals surface area contributed by atoms with Crippen LogP contribution < -0.4 is 5.32 Å². The van der Waals surface area contributed by atoms with E-state index in [0.717, 1.165) is 0 Å². The molecule has 7 heteroatoms. The molecule has 5 atom stereocenters. The number of fused-ring (bicyclic) bond motifs is 1. The first-order valence-electron chi connectivity index (χ1n) is 10.5. The Bertz CT molecular complexity index is 896. The summed E-state index contributed by atoms with van der Waals surface area (Å²) < 4.78 is 0. The highest BCUT2D eigenvalue weighted by Crippen LogP contribution is 2.53. The number of phenolic OH excluding ortho intramolecular Hbond substituents is 1. The van der Waals surface area contributed by atoms with Gasteiger partial charge in [0, 0.05) is 11.6 Å². The summed E-state index contributed by atoms with van der Waals surface area (Å²) in [6.45, 7) is 12.6. The molecular weight excluding hydrogens is 384 g/mol. The summed E-state index contributed by atoms with van der Waals surface area (Å²) in [7, 11) is 0. The summed E-state index contributed by atoms with van der Waals surface area (Å²) in [4.78, 5) is 40.9. The smallest absolute Gasteiger partial charge is 0.325 e. The summed E-state index contributed by atoms with van der Waals surface area (Å²) in [6.07, 6.45) is 0.542. The number of carboxylic acids is 1. The lowest BCUT2D eigenvalue weighted by atomic mass is 9.72. The maximum absolute atomic E-state index is 13.5. The number of imide groups is 1. The van der Waals surface area contributed by atoms with Crippen molar-refractivity contribution in [2.45, 2.75) is 72.0 Å². The third kappa shape index (κ3) is 2.94. The largest absolute Gasteiger partial charge is 0.507 e. The van der Waals surface area contributed by atoms with Gasteiger partial charge >= 0.3 is 5.97 Å². The molecule has 1 aromatic carbocycles. The highest BCUT2D eigenvalue weighted by molar-refractivity contribution is 6.10. The van der Waals surface area contributed by atoms with Crippen LogP contribution in [-0.4, -0.2) is 44.0 Å².